The maximum absolute atomic E-state index is 13.6. The second kappa shape index (κ2) is 13.0. The first-order valence-electron chi connectivity index (χ1n) is 15.0. The molecule has 4 heterocycles. The molecule has 9 nitrogen and oxygen atoms in total. The standard InChI is InChI=1S/C34H38N4O5/c39-29-11-9-27(28-10-12-32(41)36-33(28)29)30(40)20-35-16-13-23-7-4-8-26(19-23)38(21-24-5-2-1-3-6-24)34(42)43-31-22-37-17-14-25(31)15-18-37/h1-12,19,25,30-31,35,39-40H,13-18,20-22H2,(H,36,41)/t30-,31-/m0/s1. The number of amides is 1. The number of ether oxygens (including phenoxy) is 1. The third-order valence-corrected chi connectivity index (χ3v) is 8.67. The van der Waals surface area contributed by atoms with E-state index in [0.29, 0.717) is 48.4 Å². The number of aliphatic hydroxyl groups excluding tert-OH is 1. The van der Waals surface area contributed by atoms with Crippen molar-refractivity contribution in [2.75, 3.05) is 37.6 Å². The Morgan fingerprint density at radius 3 is 2.58 bits per heavy atom. The molecule has 7 rings (SSSR count). The van der Waals surface area contributed by atoms with Crippen LogP contribution in [0.2, 0.25) is 0 Å². The molecule has 0 aliphatic carbocycles. The van der Waals surface area contributed by atoms with Crippen LogP contribution in [0.3, 0.4) is 0 Å². The van der Waals surface area contributed by atoms with Crippen LogP contribution < -0.4 is 15.8 Å². The van der Waals surface area contributed by atoms with Crippen LogP contribution >= 0.6 is 0 Å². The molecular weight excluding hydrogens is 544 g/mol. The third kappa shape index (κ3) is 6.74. The van der Waals surface area contributed by atoms with Gasteiger partial charge in [0.05, 0.1) is 18.2 Å². The summed E-state index contributed by atoms with van der Waals surface area (Å²) in [5.41, 5.74) is 3.49. The fourth-order valence-corrected chi connectivity index (χ4v) is 6.28. The van der Waals surface area contributed by atoms with E-state index in [1.165, 1.54) is 12.1 Å². The highest BCUT2D eigenvalue weighted by atomic mass is 16.6. The molecule has 3 fully saturated rings. The van der Waals surface area contributed by atoms with Gasteiger partial charge in [-0.25, -0.2) is 4.79 Å². The van der Waals surface area contributed by atoms with Crippen molar-refractivity contribution in [3.8, 4) is 5.75 Å². The molecule has 0 unspecified atom stereocenters. The first kappa shape index (κ1) is 28.9. The molecule has 4 aromatic rings. The van der Waals surface area contributed by atoms with Gasteiger partial charge in [0.15, 0.2) is 0 Å². The second-order valence-corrected chi connectivity index (χ2v) is 11.6. The molecule has 2 bridgehead atoms. The van der Waals surface area contributed by atoms with Crippen LogP contribution in [0.4, 0.5) is 10.5 Å². The van der Waals surface area contributed by atoms with Crippen molar-refractivity contribution in [2.24, 2.45) is 5.92 Å². The minimum Gasteiger partial charge on any atom is -0.506 e. The number of nitrogens with zero attached hydrogens (tertiary/aromatic N) is 2. The van der Waals surface area contributed by atoms with Crippen LogP contribution in [0, 0.1) is 5.92 Å². The van der Waals surface area contributed by atoms with Crippen molar-refractivity contribution < 1.29 is 19.7 Å². The van der Waals surface area contributed by atoms with Gasteiger partial charge >= 0.3 is 6.09 Å². The van der Waals surface area contributed by atoms with Crippen molar-refractivity contribution >= 4 is 22.7 Å². The largest absolute Gasteiger partial charge is 0.506 e. The smallest absolute Gasteiger partial charge is 0.414 e. The fraction of sp³-hybridized carbons (Fsp3) is 0.353. The van der Waals surface area contributed by atoms with Crippen LogP contribution in [-0.4, -0.2) is 65.0 Å². The van der Waals surface area contributed by atoms with E-state index in [2.05, 4.69) is 15.2 Å². The minimum absolute atomic E-state index is 0.0366. The number of carbonyl (C=O) groups is 1. The summed E-state index contributed by atoms with van der Waals surface area (Å²) in [5, 5.41) is 24.9. The molecule has 4 N–H and O–H groups in total. The number of aliphatic hydroxyl groups is 1. The van der Waals surface area contributed by atoms with Gasteiger partial charge in [-0.15, -0.1) is 0 Å². The molecule has 3 saturated heterocycles. The Kier molecular flexibility index (Phi) is 8.74. The molecule has 3 aliphatic rings. The normalized spacial score (nSPS) is 20.2. The third-order valence-electron chi connectivity index (χ3n) is 8.67. The van der Waals surface area contributed by atoms with Crippen LogP contribution in [0.25, 0.3) is 10.9 Å². The zero-order valence-electron chi connectivity index (χ0n) is 24.1. The van der Waals surface area contributed by atoms with Crippen LogP contribution in [-0.2, 0) is 17.7 Å². The predicted molar refractivity (Wildman–Crippen MR) is 166 cm³/mol. The van der Waals surface area contributed by atoms with Crippen LogP contribution in [0.5, 0.6) is 5.75 Å². The number of phenolic OH excluding ortho intramolecular Hbond substituents is 1. The van der Waals surface area contributed by atoms with E-state index in [-0.39, 0.29) is 23.5 Å². The van der Waals surface area contributed by atoms with Crippen molar-refractivity contribution in [1.29, 1.82) is 0 Å². The molecular formula is C34H38N4O5. The van der Waals surface area contributed by atoms with Crippen molar-refractivity contribution in [3.05, 3.63) is 106 Å². The number of hydrogen-bond donors (Lipinski definition) is 4. The van der Waals surface area contributed by atoms with Gasteiger partial charge in [-0.3, -0.25) is 14.6 Å². The Balaban J connectivity index is 1.11. The molecule has 0 radical (unpaired) electrons. The van der Waals surface area contributed by atoms with Crippen LogP contribution in [0.1, 0.15) is 35.6 Å². The molecule has 1 aromatic heterocycles. The molecule has 224 valence electrons. The number of aromatic amines is 1. The molecule has 2 atom stereocenters. The van der Waals surface area contributed by atoms with Crippen molar-refractivity contribution in [3.63, 3.8) is 0 Å². The lowest BCUT2D eigenvalue weighted by atomic mass is 9.86. The molecule has 0 spiro atoms. The number of H-pyrrole nitrogens is 1. The zero-order valence-corrected chi connectivity index (χ0v) is 24.1. The van der Waals surface area contributed by atoms with E-state index in [1.54, 1.807) is 17.0 Å². The number of benzene rings is 3. The highest BCUT2D eigenvalue weighted by Crippen LogP contribution is 2.31. The monoisotopic (exact) mass is 582 g/mol. The summed E-state index contributed by atoms with van der Waals surface area (Å²) >= 11 is 0. The van der Waals surface area contributed by atoms with Gasteiger partial charge in [0, 0.05) is 30.2 Å². The van der Waals surface area contributed by atoms with Crippen molar-refractivity contribution in [2.45, 2.75) is 38.0 Å². The quantitative estimate of drug-likeness (QED) is 0.206. The SMILES string of the molecule is O=C(O[C@H]1CN2CCC1CC2)N(Cc1ccccc1)c1cccc(CCNC[C@H](O)c2ccc(O)c3[nH]c(=O)ccc23)c1. The van der Waals surface area contributed by atoms with E-state index < -0.39 is 6.10 Å². The molecule has 43 heavy (non-hydrogen) atoms. The summed E-state index contributed by atoms with van der Waals surface area (Å²) in [6, 6.07) is 24.1. The number of hydrogen-bond acceptors (Lipinski definition) is 7. The zero-order chi connectivity index (χ0) is 29.8. The Bertz CT molecular complexity index is 1620. The maximum Gasteiger partial charge on any atom is 0.414 e. The van der Waals surface area contributed by atoms with E-state index in [1.807, 2.05) is 54.6 Å². The van der Waals surface area contributed by atoms with E-state index >= 15 is 0 Å². The number of piperidine rings is 3. The number of rotatable bonds is 10. The maximum atomic E-state index is 13.6. The molecule has 0 saturated carbocycles. The first-order valence-corrected chi connectivity index (χ1v) is 15.0. The Labute approximate surface area is 250 Å². The van der Waals surface area contributed by atoms with Gasteiger partial charge in [0.2, 0.25) is 5.56 Å². The number of carbonyl (C=O) groups excluding carboxylic acids is 1. The number of phenols is 1. The summed E-state index contributed by atoms with van der Waals surface area (Å²) in [4.78, 5) is 32.1. The number of pyridine rings is 1. The summed E-state index contributed by atoms with van der Waals surface area (Å²) in [7, 11) is 0. The lowest BCUT2D eigenvalue weighted by Crippen LogP contribution is -2.53. The number of aromatic hydroxyl groups is 1. The highest BCUT2D eigenvalue weighted by molar-refractivity contribution is 5.88. The average molecular weight is 583 g/mol. The summed E-state index contributed by atoms with van der Waals surface area (Å²) < 4.78 is 6.14. The van der Waals surface area contributed by atoms with Gasteiger partial charge in [-0.2, -0.15) is 0 Å². The average Bonchev–Trinajstić information content (AvgIpc) is 3.03. The van der Waals surface area contributed by atoms with Crippen LogP contribution in [0.15, 0.2) is 83.7 Å². The minimum atomic E-state index is -0.831. The molecule has 3 aromatic carbocycles. The first-order chi connectivity index (χ1) is 20.9. The Morgan fingerprint density at radius 1 is 1.02 bits per heavy atom. The lowest BCUT2D eigenvalue weighted by Gasteiger charge is -2.44. The van der Waals surface area contributed by atoms with E-state index in [9.17, 15) is 19.8 Å². The Hall–Kier alpha value is -4.18. The van der Waals surface area contributed by atoms with Gasteiger partial charge in [-0.05, 0) is 85.8 Å². The number of fused-ring (bicyclic) bond motifs is 4. The van der Waals surface area contributed by atoms with Gasteiger partial charge in [0.25, 0.3) is 0 Å². The highest BCUT2D eigenvalue weighted by Gasteiger charge is 2.37. The van der Waals surface area contributed by atoms with Gasteiger partial charge in [-0.1, -0.05) is 48.5 Å². The number of anilines is 1. The van der Waals surface area contributed by atoms with Crippen molar-refractivity contribution in [1.82, 2.24) is 15.2 Å². The molecule has 1 amide bonds. The van der Waals surface area contributed by atoms with E-state index in [0.717, 1.165) is 49.3 Å². The van der Waals surface area contributed by atoms with E-state index in [4.69, 9.17) is 4.74 Å². The number of aromatic nitrogens is 1. The summed E-state index contributed by atoms with van der Waals surface area (Å²) in [5.74, 6) is 0.396. The number of nitrogens with one attached hydrogen (secondary N) is 2. The molecule has 9 heteroatoms. The second-order valence-electron chi connectivity index (χ2n) is 11.6. The Morgan fingerprint density at radius 2 is 1.81 bits per heavy atom. The lowest BCUT2D eigenvalue weighted by molar-refractivity contribution is -0.0311. The summed E-state index contributed by atoms with van der Waals surface area (Å²) in [6.45, 7) is 4.31. The van der Waals surface area contributed by atoms with Gasteiger partial charge < -0.3 is 25.3 Å². The summed E-state index contributed by atoms with van der Waals surface area (Å²) in [6.07, 6.45) is 1.63. The predicted octanol–water partition coefficient (Wildman–Crippen LogP) is 4.34. The molecule has 3 aliphatic heterocycles. The topological polar surface area (TPSA) is 118 Å². The van der Waals surface area contributed by atoms with Gasteiger partial charge in [0.1, 0.15) is 11.9 Å². The fourth-order valence-electron chi connectivity index (χ4n) is 6.28.